The molecular weight excluding hydrogens is 303 g/mol. The number of carbonyl (C=O) groups excluding carboxylic acids is 1. The van der Waals surface area contributed by atoms with Crippen LogP contribution in [0.5, 0.6) is 0 Å². The van der Waals surface area contributed by atoms with Gasteiger partial charge in [0.2, 0.25) is 0 Å². The van der Waals surface area contributed by atoms with E-state index in [0.717, 1.165) is 8.66 Å². The fraction of sp³-hybridized carbons (Fsp3) is 0.154. The minimum absolute atomic E-state index is 0.0537. The molecule has 0 unspecified atom stereocenters. The smallest absolute Gasteiger partial charge is 0.194 e. The van der Waals surface area contributed by atoms with Crippen molar-refractivity contribution in [3.05, 3.63) is 55.4 Å². The zero-order valence-corrected chi connectivity index (χ0v) is 11.8. The van der Waals surface area contributed by atoms with E-state index in [1.54, 1.807) is 6.92 Å². The number of halogens is 2. The molecule has 0 bridgehead atoms. The van der Waals surface area contributed by atoms with Crippen LogP contribution < -0.4 is 0 Å². The molecule has 4 heteroatoms. The molecule has 0 radical (unpaired) electrons. The number of carbonyl (C=O) groups is 1. The van der Waals surface area contributed by atoms with Crippen molar-refractivity contribution in [1.82, 2.24) is 0 Å². The number of hydrogen-bond donors (Lipinski definition) is 0. The average Bonchev–Trinajstić information content (AvgIpc) is 2.57. The molecule has 0 fully saturated rings. The topological polar surface area (TPSA) is 17.1 Å². The second-order valence-electron chi connectivity index (χ2n) is 3.81. The van der Waals surface area contributed by atoms with Crippen LogP contribution >= 0.6 is 27.3 Å². The third kappa shape index (κ3) is 2.48. The second kappa shape index (κ2) is 4.70. The van der Waals surface area contributed by atoms with Crippen molar-refractivity contribution in [1.29, 1.82) is 0 Å². The molecule has 0 amide bonds. The van der Waals surface area contributed by atoms with E-state index in [-0.39, 0.29) is 11.6 Å². The molecule has 1 heterocycles. The van der Waals surface area contributed by atoms with E-state index in [2.05, 4.69) is 15.9 Å². The van der Waals surface area contributed by atoms with E-state index in [1.807, 2.05) is 13.0 Å². The number of ketones is 1. The maximum absolute atomic E-state index is 13.0. The van der Waals surface area contributed by atoms with Gasteiger partial charge < -0.3 is 0 Å². The molecule has 2 aromatic rings. The van der Waals surface area contributed by atoms with Crippen LogP contribution in [-0.4, -0.2) is 5.78 Å². The van der Waals surface area contributed by atoms with Gasteiger partial charge in [0.25, 0.3) is 0 Å². The molecule has 0 saturated carbocycles. The van der Waals surface area contributed by atoms with Crippen molar-refractivity contribution in [3.8, 4) is 0 Å². The van der Waals surface area contributed by atoms with Crippen LogP contribution in [0.1, 0.15) is 26.4 Å². The molecule has 0 saturated heterocycles. The molecule has 0 spiro atoms. The van der Waals surface area contributed by atoms with Gasteiger partial charge in [-0.3, -0.25) is 4.79 Å². The molecule has 1 aromatic carbocycles. The van der Waals surface area contributed by atoms with Gasteiger partial charge in [-0.15, -0.1) is 11.3 Å². The van der Waals surface area contributed by atoms with E-state index in [1.165, 1.54) is 29.5 Å². The number of rotatable bonds is 2. The van der Waals surface area contributed by atoms with Crippen molar-refractivity contribution in [2.24, 2.45) is 0 Å². The molecule has 1 aromatic heterocycles. The predicted molar refractivity (Wildman–Crippen MR) is 71.3 cm³/mol. The maximum Gasteiger partial charge on any atom is 0.194 e. The summed E-state index contributed by atoms with van der Waals surface area (Å²) in [4.78, 5) is 13.2. The Morgan fingerprint density at radius 3 is 2.47 bits per heavy atom. The zero-order chi connectivity index (χ0) is 12.6. The fourth-order valence-electron chi connectivity index (χ4n) is 1.70. The van der Waals surface area contributed by atoms with Crippen LogP contribution in [-0.2, 0) is 0 Å². The van der Waals surface area contributed by atoms with Crippen molar-refractivity contribution in [3.63, 3.8) is 0 Å². The van der Waals surface area contributed by atoms with Gasteiger partial charge in [0.1, 0.15) is 5.82 Å². The Balaban J connectivity index is 2.47. The summed E-state index contributed by atoms with van der Waals surface area (Å²) in [6.45, 7) is 3.65. The van der Waals surface area contributed by atoms with Gasteiger partial charge in [-0.25, -0.2) is 4.39 Å². The maximum atomic E-state index is 13.0. The lowest BCUT2D eigenvalue weighted by molar-refractivity contribution is 0.103. The van der Waals surface area contributed by atoms with E-state index < -0.39 is 0 Å². The Bertz CT molecular complexity index is 589. The Morgan fingerprint density at radius 1 is 1.24 bits per heavy atom. The first-order valence-corrected chi connectivity index (χ1v) is 6.67. The molecule has 0 N–H and O–H groups in total. The monoisotopic (exact) mass is 312 g/mol. The fourth-order valence-corrected chi connectivity index (χ4v) is 3.39. The summed E-state index contributed by atoms with van der Waals surface area (Å²) >= 11 is 4.88. The van der Waals surface area contributed by atoms with Crippen LogP contribution in [0.15, 0.2) is 28.1 Å². The zero-order valence-electron chi connectivity index (χ0n) is 9.38. The summed E-state index contributed by atoms with van der Waals surface area (Å²) in [7, 11) is 0. The summed E-state index contributed by atoms with van der Waals surface area (Å²) < 4.78 is 13.9. The SMILES string of the molecule is Cc1cc(F)ccc1C(=O)c1cc(Br)sc1C. The lowest BCUT2D eigenvalue weighted by atomic mass is 10.00. The van der Waals surface area contributed by atoms with Gasteiger partial charge >= 0.3 is 0 Å². The summed E-state index contributed by atoms with van der Waals surface area (Å²) in [6.07, 6.45) is 0. The minimum atomic E-state index is -0.317. The summed E-state index contributed by atoms with van der Waals surface area (Å²) in [5.74, 6) is -0.371. The highest BCUT2D eigenvalue weighted by atomic mass is 79.9. The van der Waals surface area contributed by atoms with Gasteiger partial charge in [0, 0.05) is 16.0 Å². The van der Waals surface area contributed by atoms with E-state index >= 15 is 0 Å². The van der Waals surface area contributed by atoms with E-state index in [0.29, 0.717) is 16.7 Å². The van der Waals surface area contributed by atoms with Crippen LogP contribution in [0.25, 0.3) is 0 Å². The number of benzene rings is 1. The van der Waals surface area contributed by atoms with Crippen LogP contribution in [0.2, 0.25) is 0 Å². The van der Waals surface area contributed by atoms with Gasteiger partial charge in [-0.05, 0) is 59.6 Å². The van der Waals surface area contributed by atoms with Crippen molar-refractivity contribution >= 4 is 33.0 Å². The van der Waals surface area contributed by atoms with Gasteiger partial charge in [-0.2, -0.15) is 0 Å². The van der Waals surface area contributed by atoms with E-state index in [4.69, 9.17) is 0 Å². The van der Waals surface area contributed by atoms with Gasteiger partial charge in [0.15, 0.2) is 5.78 Å². The highest BCUT2D eigenvalue weighted by Crippen LogP contribution is 2.28. The molecule has 0 atom stereocenters. The number of thiophene rings is 1. The molecule has 17 heavy (non-hydrogen) atoms. The second-order valence-corrected chi connectivity index (χ2v) is 6.44. The lowest BCUT2D eigenvalue weighted by Crippen LogP contribution is -2.04. The highest BCUT2D eigenvalue weighted by molar-refractivity contribution is 9.11. The average molecular weight is 313 g/mol. The van der Waals surface area contributed by atoms with Crippen LogP contribution in [0.4, 0.5) is 4.39 Å². The predicted octanol–water partition coefficient (Wildman–Crippen LogP) is 4.50. The quantitative estimate of drug-likeness (QED) is 0.746. The highest BCUT2D eigenvalue weighted by Gasteiger charge is 2.16. The summed E-state index contributed by atoms with van der Waals surface area (Å²) in [5, 5.41) is 0. The van der Waals surface area contributed by atoms with Gasteiger partial charge in [0.05, 0.1) is 3.79 Å². The minimum Gasteiger partial charge on any atom is -0.289 e. The van der Waals surface area contributed by atoms with Gasteiger partial charge in [-0.1, -0.05) is 0 Å². The van der Waals surface area contributed by atoms with Crippen molar-refractivity contribution in [2.45, 2.75) is 13.8 Å². The standard InChI is InChI=1S/C13H10BrFOS/c1-7-5-9(15)3-4-10(7)13(16)11-6-12(14)17-8(11)2/h3-6H,1-2H3. The summed E-state index contributed by atoms with van der Waals surface area (Å²) in [5.41, 5.74) is 1.90. The first kappa shape index (κ1) is 12.5. The first-order valence-electron chi connectivity index (χ1n) is 5.06. The molecule has 0 aliphatic carbocycles. The normalized spacial score (nSPS) is 10.6. The third-order valence-corrected chi connectivity index (χ3v) is 4.12. The Hall–Kier alpha value is -1.000. The Labute approximate surface area is 111 Å². The Morgan fingerprint density at radius 2 is 1.94 bits per heavy atom. The molecular formula is C13H10BrFOS. The lowest BCUT2D eigenvalue weighted by Gasteiger charge is -2.04. The molecule has 1 nitrogen and oxygen atoms in total. The largest absolute Gasteiger partial charge is 0.289 e. The Kier molecular flexibility index (Phi) is 3.45. The number of aryl methyl sites for hydroxylation is 2. The van der Waals surface area contributed by atoms with Crippen LogP contribution in [0.3, 0.4) is 0 Å². The van der Waals surface area contributed by atoms with Crippen LogP contribution in [0, 0.1) is 19.7 Å². The molecule has 0 aliphatic rings. The molecule has 0 aliphatic heterocycles. The number of hydrogen-bond acceptors (Lipinski definition) is 2. The van der Waals surface area contributed by atoms with E-state index in [9.17, 15) is 9.18 Å². The van der Waals surface area contributed by atoms with Crippen molar-refractivity contribution in [2.75, 3.05) is 0 Å². The third-order valence-electron chi connectivity index (χ3n) is 2.57. The molecule has 88 valence electrons. The van der Waals surface area contributed by atoms with Crippen molar-refractivity contribution < 1.29 is 9.18 Å². The molecule has 2 rings (SSSR count). The first-order chi connectivity index (χ1) is 7.99. The summed E-state index contributed by atoms with van der Waals surface area (Å²) in [6, 6.07) is 6.05.